The van der Waals surface area contributed by atoms with E-state index in [9.17, 15) is 0 Å². The third kappa shape index (κ3) is 2.29. The van der Waals surface area contributed by atoms with Gasteiger partial charge >= 0.3 is 0 Å². The summed E-state index contributed by atoms with van der Waals surface area (Å²) in [5.74, 6) is 0. The van der Waals surface area contributed by atoms with E-state index < -0.39 is 0 Å². The zero-order valence-corrected chi connectivity index (χ0v) is 9.59. The minimum Gasteiger partial charge on any atom is -0.256 e. The molecule has 0 N–H and O–H groups in total. The lowest BCUT2D eigenvalue weighted by atomic mass is 10.1. The van der Waals surface area contributed by atoms with Crippen molar-refractivity contribution in [1.82, 2.24) is 4.98 Å². The van der Waals surface area contributed by atoms with Crippen LogP contribution in [0.2, 0.25) is 5.02 Å². The van der Waals surface area contributed by atoms with Crippen LogP contribution in [0.4, 0.5) is 0 Å². The SMILES string of the molecule is CCCCc1ccc2c(Cl)ccnc2c1. The first-order chi connectivity index (χ1) is 7.31. The molecule has 0 fully saturated rings. The van der Waals surface area contributed by atoms with Crippen LogP contribution < -0.4 is 0 Å². The second-order valence-corrected chi connectivity index (χ2v) is 4.16. The van der Waals surface area contributed by atoms with Crippen LogP contribution in [-0.4, -0.2) is 4.98 Å². The molecule has 0 spiro atoms. The van der Waals surface area contributed by atoms with Gasteiger partial charge in [0.15, 0.2) is 0 Å². The maximum Gasteiger partial charge on any atom is 0.0719 e. The summed E-state index contributed by atoms with van der Waals surface area (Å²) in [5, 5.41) is 1.82. The highest BCUT2D eigenvalue weighted by molar-refractivity contribution is 6.35. The molecular weight excluding hydrogens is 206 g/mol. The minimum atomic E-state index is 0.780. The Balaban J connectivity index is 2.39. The molecule has 0 aliphatic rings. The van der Waals surface area contributed by atoms with Gasteiger partial charge in [0.2, 0.25) is 0 Å². The van der Waals surface area contributed by atoms with E-state index in [-0.39, 0.29) is 0 Å². The number of hydrogen-bond donors (Lipinski definition) is 0. The first-order valence-corrected chi connectivity index (χ1v) is 5.72. The van der Waals surface area contributed by atoms with Gasteiger partial charge in [0.05, 0.1) is 10.5 Å². The van der Waals surface area contributed by atoms with E-state index in [0.29, 0.717) is 0 Å². The molecule has 1 nitrogen and oxygen atoms in total. The number of benzene rings is 1. The first-order valence-electron chi connectivity index (χ1n) is 5.34. The number of aromatic nitrogens is 1. The smallest absolute Gasteiger partial charge is 0.0719 e. The van der Waals surface area contributed by atoms with E-state index in [2.05, 4.69) is 30.1 Å². The predicted octanol–water partition coefficient (Wildman–Crippen LogP) is 4.23. The van der Waals surface area contributed by atoms with Crippen molar-refractivity contribution < 1.29 is 0 Å². The van der Waals surface area contributed by atoms with Gasteiger partial charge in [-0.25, -0.2) is 0 Å². The Labute approximate surface area is 95.1 Å². The molecule has 0 atom stereocenters. The van der Waals surface area contributed by atoms with Gasteiger partial charge in [-0.1, -0.05) is 37.1 Å². The molecule has 2 heteroatoms. The maximum absolute atomic E-state index is 6.07. The summed E-state index contributed by atoms with van der Waals surface area (Å²) in [6, 6.07) is 8.17. The standard InChI is InChI=1S/C13H14ClN/c1-2-3-4-10-5-6-11-12(14)7-8-15-13(11)9-10/h5-9H,2-4H2,1H3. The second kappa shape index (κ2) is 4.63. The molecule has 1 aromatic heterocycles. The third-order valence-corrected chi connectivity index (χ3v) is 2.90. The average Bonchev–Trinajstić information content (AvgIpc) is 2.26. The summed E-state index contributed by atoms with van der Waals surface area (Å²) in [6.45, 7) is 2.20. The topological polar surface area (TPSA) is 12.9 Å². The van der Waals surface area contributed by atoms with Crippen LogP contribution in [0.3, 0.4) is 0 Å². The predicted molar refractivity (Wildman–Crippen MR) is 65.4 cm³/mol. The molecule has 15 heavy (non-hydrogen) atoms. The molecule has 2 rings (SSSR count). The Morgan fingerprint density at radius 3 is 2.93 bits per heavy atom. The Hall–Kier alpha value is -1.08. The zero-order valence-electron chi connectivity index (χ0n) is 8.83. The third-order valence-electron chi connectivity index (χ3n) is 2.57. The Morgan fingerprint density at radius 2 is 2.13 bits per heavy atom. The van der Waals surface area contributed by atoms with Crippen molar-refractivity contribution in [3.05, 3.63) is 41.0 Å². The summed E-state index contributed by atoms with van der Waals surface area (Å²) in [4.78, 5) is 4.33. The highest BCUT2D eigenvalue weighted by Gasteiger charge is 2.00. The highest BCUT2D eigenvalue weighted by atomic mass is 35.5. The lowest BCUT2D eigenvalue weighted by Gasteiger charge is -2.03. The number of aryl methyl sites for hydroxylation is 1. The molecule has 0 radical (unpaired) electrons. The van der Waals surface area contributed by atoms with E-state index in [1.807, 2.05) is 6.07 Å². The molecular formula is C13H14ClN. The minimum absolute atomic E-state index is 0.780. The quantitative estimate of drug-likeness (QED) is 0.753. The molecule has 0 amide bonds. The van der Waals surface area contributed by atoms with Crippen LogP contribution in [0.25, 0.3) is 10.9 Å². The number of hydrogen-bond acceptors (Lipinski definition) is 1. The van der Waals surface area contributed by atoms with E-state index in [0.717, 1.165) is 22.3 Å². The van der Waals surface area contributed by atoms with Crippen LogP contribution in [-0.2, 0) is 6.42 Å². The van der Waals surface area contributed by atoms with Crippen molar-refractivity contribution in [3.8, 4) is 0 Å². The maximum atomic E-state index is 6.07. The molecule has 0 unspecified atom stereocenters. The van der Waals surface area contributed by atoms with Crippen LogP contribution in [0, 0.1) is 0 Å². The first kappa shape index (κ1) is 10.4. The van der Waals surface area contributed by atoms with Gasteiger partial charge in [-0.15, -0.1) is 0 Å². The molecule has 1 heterocycles. The van der Waals surface area contributed by atoms with Crippen molar-refractivity contribution in [3.63, 3.8) is 0 Å². The fraction of sp³-hybridized carbons (Fsp3) is 0.308. The highest BCUT2D eigenvalue weighted by Crippen LogP contribution is 2.22. The number of halogens is 1. The van der Waals surface area contributed by atoms with Crippen molar-refractivity contribution in [1.29, 1.82) is 0 Å². The van der Waals surface area contributed by atoms with Gasteiger partial charge in [-0.3, -0.25) is 4.98 Å². The van der Waals surface area contributed by atoms with E-state index in [1.165, 1.54) is 18.4 Å². The lowest BCUT2D eigenvalue weighted by Crippen LogP contribution is -1.86. The summed E-state index contributed by atoms with van der Waals surface area (Å²) in [7, 11) is 0. The molecule has 2 aromatic rings. The zero-order chi connectivity index (χ0) is 10.7. The largest absolute Gasteiger partial charge is 0.256 e. The molecule has 0 aliphatic carbocycles. The Kier molecular flexibility index (Phi) is 3.22. The molecule has 1 aromatic carbocycles. The fourth-order valence-corrected chi connectivity index (χ4v) is 1.91. The van der Waals surface area contributed by atoms with Gasteiger partial charge in [-0.2, -0.15) is 0 Å². The van der Waals surface area contributed by atoms with E-state index in [1.54, 1.807) is 6.20 Å². The molecule has 0 saturated carbocycles. The van der Waals surface area contributed by atoms with Gasteiger partial charge in [0.1, 0.15) is 0 Å². The van der Waals surface area contributed by atoms with Gasteiger partial charge in [0.25, 0.3) is 0 Å². The van der Waals surface area contributed by atoms with E-state index in [4.69, 9.17) is 11.6 Å². The van der Waals surface area contributed by atoms with Crippen molar-refractivity contribution >= 4 is 22.5 Å². The van der Waals surface area contributed by atoms with Gasteiger partial charge < -0.3 is 0 Å². The van der Waals surface area contributed by atoms with Gasteiger partial charge in [-0.05, 0) is 30.5 Å². The fourth-order valence-electron chi connectivity index (χ4n) is 1.70. The lowest BCUT2D eigenvalue weighted by molar-refractivity contribution is 0.796. The molecule has 0 aliphatic heterocycles. The number of rotatable bonds is 3. The monoisotopic (exact) mass is 219 g/mol. The normalized spacial score (nSPS) is 10.8. The van der Waals surface area contributed by atoms with E-state index >= 15 is 0 Å². The number of unbranched alkanes of at least 4 members (excludes halogenated alkanes) is 1. The van der Waals surface area contributed by atoms with Gasteiger partial charge in [0, 0.05) is 11.6 Å². The molecule has 78 valence electrons. The second-order valence-electron chi connectivity index (χ2n) is 3.75. The Morgan fingerprint density at radius 1 is 1.27 bits per heavy atom. The summed E-state index contributed by atoms with van der Waals surface area (Å²) in [5.41, 5.74) is 2.34. The summed E-state index contributed by atoms with van der Waals surface area (Å²) in [6.07, 6.45) is 5.34. The van der Waals surface area contributed by atoms with Crippen molar-refractivity contribution in [2.75, 3.05) is 0 Å². The number of nitrogens with zero attached hydrogens (tertiary/aromatic N) is 1. The average molecular weight is 220 g/mol. The summed E-state index contributed by atoms with van der Waals surface area (Å²) >= 11 is 6.07. The number of pyridine rings is 1. The number of fused-ring (bicyclic) bond motifs is 1. The van der Waals surface area contributed by atoms with Crippen LogP contribution in [0.15, 0.2) is 30.5 Å². The van der Waals surface area contributed by atoms with Crippen molar-refractivity contribution in [2.24, 2.45) is 0 Å². The molecule has 0 bridgehead atoms. The van der Waals surface area contributed by atoms with Crippen LogP contribution >= 0.6 is 11.6 Å². The van der Waals surface area contributed by atoms with Crippen molar-refractivity contribution in [2.45, 2.75) is 26.2 Å². The molecule has 0 saturated heterocycles. The summed E-state index contributed by atoms with van der Waals surface area (Å²) < 4.78 is 0. The van der Waals surface area contributed by atoms with Crippen LogP contribution in [0.1, 0.15) is 25.3 Å². The Bertz CT molecular complexity index is 465. The van der Waals surface area contributed by atoms with Crippen LogP contribution in [0.5, 0.6) is 0 Å².